The Morgan fingerprint density at radius 2 is 0.535 bits per heavy atom. The predicted molar refractivity (Wildman–Crippen MR) is 359 cm³/mol. The van der Waals surface area contributed by atoms with E-state index in [4.69, 9.17) is 9.97 Å². The van der Waals surface area contributed by atoms with Gasteiger partial charge in [0.15, 0.2) is 0 Å². The predicted octanol–water partition coefficient (Wildman–Crippen LogP) is 21.4. The second-order valence-corrected chi connectivity index (χ2v) is 21.8. The topological polar surface area (TPSA) is 42.1 Å². The van der Waals surface area contributed by atoms with E-state index in [9.17, 15) is 0 Å². The first-order valence-electron chi connectivity index (χ1n) is 29.2. The minimum absolute atomic E-state index is 0.809. The number of fused-ring (bicyclic) bond motifs is 7. The van der Waals surface area contributed by atoms with Gasteiger partial charge >= 0.3 is 0 Å². The minimum atomic E-state index is 0.809. The lowest BCUT2D eigenvalue weighted by Crippen LogP contribution is -2.10. The third-order valence-electron chi connectivity index (χ3n) is 16.6. The third kappa shape index (κ3) is 8.92. The van der Waals surface area contributed by atoms with Crippen molar-refractivity contribution >= 4 is 88.8 Å². The summed E-state index contributed by atoms with van der Waals surface area (Å²) in [4.78, 5) is 15.6. The summed E-state index contributed by atoms with van der Waals surface area (Å²) in [5.41, 5.74) is 23.0. The van der Waals surface area contributed by atoms with Gasteiger partial charge < -0.3 is 18.9 Å². The number of rotatable bonds is 12. The molecule has 16 rings (SSSR count). The zero-order chi connectivity index (χ0) is 56.9. The third-order valence-corrected chi connectivity index (χ3v) is 16.6. The fourth-order valence-electron chi connectivity index (χ4n) is 12.7. The van der Waals surface area contributed by atoms with E-state index < -0.39 is 0 Å². The van der Waals surface area contributed by atoms with E-state index in [-0.39, 0.29) is 0 Å². The second-order valence-electron chi connectivity index (χ2n) is 21.8. The van der Waals surface area contributed by atoms with Gasteiger partial charge in [-0.3, -0.25) is 0 Å². The van der Waals surface area contributed by atoms with Gasteiger partial charge in [-0.1, -0.05) is 194 Å². The van der Waals surface area contributed by atoms with Crippen LogP contribution in [0.2, 0.25) is 0 Å². The van der Waals surface area contributed by atoms with Crippen LogP contribution in [0.1, 0.15) is 0 Å². The minimum Gasteiger partial charge on any atom is -0.310 e. The molecule has 0 N–H and O–H groups in total. The monoisotopic (exact) mass is 1100 g/mol. The molecule has 0 saturated carbocycles. The zero-order valence-corrected chi connectivity index (χ0v) is 46.9. The maximum Gasteiger partial charge on any atom is 0.0973 e. The summed E-state index contributed by atoms with van der Waals surface area (Å²) in [7, 11) is 0. The van der Waals surface area contributed by atoms with Gasteiger partial charge in [0.25, 0.3) is 0 Å². The van der Waals surface area contributed by atoms with Crippen molar-refractivity contribution in [3.63, 3.8) is 0 Å². The van der Waals surface area contributed by atoms with Crippen LogP contribution in [0.15, 0.2) is 328 Å². The van der Waals surface area contributed by atoms with Crippen LogP contribution in [0, 0.1) is 0 Å². The zero-order valence-electron chi connectivity index (χ0n) is 46.9. The van der Waals surface area contributed by atoms with Crippen molar-refractivity contribution in [2.45, 2.75) is 0 Å². The van der Waals surface area contributed by atoms with E-state index in [1.54, 1.807) is 0 Å². The quantitative estimate of drug-likeness (QED) is 0.122. The lowest BCUT2D eigenvalue weighted by molar-refractivity contribution is 1.18. The van der Waals surface area contributed by atoms with Crippen LogP contribution in [0.25, 0.3) is 111 Å². The molecule has 0 spiro atoms. The Labute approximate surface area is 498 Å². The van der Waals surface area contributed by atoms with Gasteiger partial charge in [0.1, 0.15) is 0 Å². The molecule has 0 atom stereocenters. The normalized spacial score (nSPS) is 11.5. The molecule has 0 fully saturated rings. The number of aromatic nitrogens is 4. The van der Waals surface area contributed by atoms with Gasteiger partial charge in [-0.05, 0) is 156 Å². The first-order chi connectivity index (χ1) is 42.6. The van der Waals surface area contributed by atoms with Crippen LogP contribution in [0.4, 0.5) is 34.1 Å². The maximum absolute atomic E-state index is 5.43. The van der Waals surface area contributed by atoms with E-state index in [0.29, 0.717) is 0 Å². The molecular weight excluding hydrogens is 1040 g/mol. The molecule has 0 unspecified atom stereocenters. The molecule has 0 amide bonds. The second kappa shape index (κ2) is 21.3. The van der Waals surface area contributed by atoms with Gasteiger partial charge in [0.05, 0.1) is 44.5 Å². The Morgan fingerprint density at radius 3 is 0.953 bits per heavy atom. The van der Waals surface area contributed by atoms with Crippen LogP contribution in [-0.2, 0) is 0 Å². The van der Waals surface area contributed by atoms with Crippen molar-refractivity contribution in [1.29, 1.82) is 0 Å². The average molecular weight is 1100 g/mol. The van der Waals surface area contributed by atoms with E-state index >= 15 is 0 Å². The summed E-state index contributed by atoms with van der Waals surface area (Å²) >= 11 is 0. The van der Waals surface area contributed by atoms with Crippen molar-refractivity contribution in [2.24, 2.45) is 0 Å². The number of nitrogens with zero attached hydrogens (tertiary/aromatic N) is 6. The van der Waals surface area contributed by atoms with Crippen molar-refractivity contribution in [3.05, 3.63) is 328 Å². The molecule has 0 aliphatic carbocycles. The van der Waals surface area contributed by atoms with E-state index in [1.807, 2.05) is 12.1 Å². The first-order valence-corrected chi connectivity index (χ1v) is 29.2. The molecule has 3 heterocycles. The smallest absolute Gasteiger partial charge is 0.0973 e. The van der Waals surface area contributed by atoms with Crippen molar-refractivity contribution < 1.29 is 0 Å². The molecule has 0 bridgehead atoms. The number of para-hydroxylation sites is 6. The summed E-state index contributed by atoms with van der Waals surface area (Å²) in [5.74, 6) is 0. The largest absolute Gasteiger partial charge is 0.310 e. The van der Waals surface area contributed by atoms with Crippen LogP contribution in [0.5, 0.6) is 0 Å². The van der Waals surface area contributed by atoms with Crippen LogP contribution < -0.4 is 9.80 Å². The molecule has 404 valence electrons. The van der Waals surface area contributed by atoms with Crippen LogP contribution in [0.3, 0.4) is 0 Å². The van der Waals surface area contributed by atoms with E-state index in [2.05, 4.69) is 334 Å². The van der Waals surface area contributed by atoms with Crippen LogP contribution >= 0.6 is 0 Å². The van der Waals surface area contributed by atoms with Gasteiger partial charge in [-0.2, -0.15) is 0 Å². The van der Waals surface area contributed by atoms with Gasteiger partial charge in [0, 0.05) is 78.2 Å². The SMILES string of the molecule is c1ccc(-c2cccc(N(c3ccc(-c4nc5ccccc5nc4-c4ccc(N(c5cccc(-c6ccccc6)c5)c5ccc6c(c5)c5ccccc5n6-c5ccccc5)cc4)cc3)c3ccc4c(c3)c3ccccc3n4-c3ccccc3)c2)cc1. The molecule has 0 radical (unpaired) electrons. The number of hydrogen-bond donors (Lipinski definition) is 0. The van der Waals surface area contributed by atoms with Gasteiger partial charge in [0.2, 0.25) is 0 Å². The fourth-order valence-corrected chi connectivity index (χ4v) is 12.7. The molecule has 16 aromatic rings. The lowest BCUT2D eigenvalue weighted by atomic mass is 10.0. The standard InChI is InChI=1S/C80H54N6/c1-5-21-55(22-6-1)59-25-19-31-65(51-59)83(67-47-49-77-71(53-67)69-33-13-17-37-75(69)85(77)61-27-9-3-10-28-61)63-43-39-57(40-44-63)79-80(82-74-36-16-15-35-73(74)81-79)58-41-45-64(46-42-58)84(66-32-20-26-60(52-66)56-23-7-2-8-24-56)68-48-50-78-72(54-68)70-34-14-18-38-76(70)86(78)62-29-11-4-12-30-62/h1-54H. The highest BCUT2D eigenvalue weighted by Gasteiger charge is 2.22. The molecule has 0 saturated heterocycles. The van der Waals surface area contributed by atoms with Crippen molar-refractivity contribution in [3.8, 4) is 56.1 Å². The van der Waals surface area contributed by atoms with E-state index in [1.165, 1.54) is 32.6 Å². The molecule has 6 heteroatoms. The Balaban J connectivity index is 0.813. The molecule has 6 nitrogen and oxygen atoms in total. The van der Waals surface area contributed by atoms with Crippen LogP contribution in [-0.4, -0.2) is 19.1 Å². The Morgan fingerprint density at radius 1 is 0.209 bits per heavy atom. The number of anilines is 6. The maximum atomic E-state index is 5.43. The molecule has 3 aromatic heterocycles. The molecular formula is C80H54N6. The Bertz CT molecular complexity index is 4830. The summed E-state index contributed by atoms with van der Waals surface area (Å²) in [5, 5.41) is 4.77. The van der Waals surface area contributed by atoms with Gasteiger partial charge in [-0.15, -0.1) is 0 Å². The highest BCUT2D eigenvalue weighted by Crippen LogP contribution is 2.45. The van der Waals surface area contributed by atoms with Crippen molar-refractivity contribution in [2.75, 3.05) is 9.80 Å². The molecule has 13 aromatic carbocycles. The van der Waals surface area contributed by atoms with E-state index in [0.717, 1.165) is 112 Å². The summed E-state index contributed by atoms with van der Waals surface area (Å²) in [6, 6.07) is 117. The fraction of sp³-hybridized carbons (Fsp3) is 0. The highest BCUT2D eigenvalue weighted by atomic mass is 15.1. The Hall–Kier alpha value is -11.6. The molecule has 0 aliphatic heterocycles. The molecule has 0 aliphatic rings. The van der Waals surface area contributed by atoms with Gasteiger partial charge in [-0.25, -0.2) is 9.97 Å². The summed E-state index contributed by atoms with van der Waals surface area (Å²) in [6.07, 6.45) is 0. The molecule has 86 heavy (non-hydrogen) atoms. The first kappa shape index (κ1) is 50.2. The number of benzene rings is 13. The average Bonchev–Trinajstić information content (AvgIpc) is 2.78. The highest BCUT2D eigenvalue weighted by molar-refractivity contribution is 6.12. The summed E-state index contributed by atoms with van der Waals surface area (Å²) in [6.45, 7) is 0. The number of hydrogen-bond acceptors (Lipinski definition) is 4. The lowest BCUT2D eigenvalue weighted by Gasteiger charge is -2.27. The summed E-state index contributed by atoms with van der Waals surface area (Å²) < 4.78 is 4.74. The van der Waals surface area contributed by atoms with Crippen molar-refractivity contribution in [1.82, 2.24) is 19.1 Å². The Kier molecular flexibility index (Phi) is 12.4.